The molecule has 0 amide bonds. The van der Waals surface area contributed by atoms with Gasteiger partial charge in [0.25, 0.3) is 0 Å². The van der Waals surface area contributed by atoms with E-state index in [0.29, 0.717) is 0 Å². The van der Waals surface area contributed by atoms with Crippen LogP contribution in [0.3, 0.4) is 0 Å². The van der Waals surface area contributed by atoms with Gasteiger partial charge in [-0.25, -0.2) is 0 Å². The van der Waals surface area contributed by atoms with Gasteiger partial charge < -0.3 is 0 Å². The zero-order chi connectivity index (χ0) is 14.2. The summed E-state index contributed by atoms with van der Waals surface area (Å²) >= 11 is 8.91. The molecule has 0 aliphatic carbocycles. The Kier molecular flexibility index (Phi) is 3.82. The molecule has 1 aromatic heterocycles. The van der Waals surface area contributed by atoms with Gasteiger partial charge in [-0.05, 0) is 35.5 Å². The van der Waals surface area contributed by atoms with E-state index in [9.17, 15) is 13.2 Å². The summed E-state index contributed by atoms with van der Waals surface area (Å²) in [6.07, 6.45) is -4.45. The maximum absolute atomic E-state index is 12.7. The molecule has 0 radical (unpaired) electrons. The summed E-state index contributed by atoms with van der Waals surface area (Å²) < 4.78 is 39.7. The van der Waals surface area contributed by atoms with Gasteiger partial charge in [0.05, 0.1) is 16.6 Å². The topological polar surface area (TPSA) is 43.6 Å². The third-order valence-electron chi connectivity index (χ3n) is 2.30. The fourth-order valence-corrected chi connectivity index (χ4v) is 2.10. The van der Waals surface area contributed by atoms with Gasteiger partial charge in [-0.3, -0.25) is 0 Å². The number of halogens is 5. The average Bonchev–Trinajstić information content (AvgIpc) is 2.75. The molecule has 0 saturated heterocycles. The molecule has 102 valence electrons. The molecule has 2 aromatic rings. The van der Waals surface area contributed by atoms with E-state index >= 15 is 0 Å². The van der Waals surface area contributed by atoms with Crippen molar-refractivity contribution < 1.29 is 13.2 Å². The zero-order valence-electron chi connectivity index (χ0n) is 9.49. The zero-order valence-corrected chi connectivity index (χ0v) is 11.8. The van der Waals surface area contributed by atoms with E-state index < -0.39 is 17.1 Å². The molecule has 9 heteroatoms. The Morgan fingerprint density at radius 1 is 1.32 bits per heavy atom. The van der Waals surface area contributed by atoms with Crippen molar-refractivity contribution in [2.45, 2.75) is 18.5 Å². The van der Waals surface area contributed by atoms with Crippen molar-refractivity contribution >= 4 is 27.5 Å². The van der Waals surface area contributed by atoms with E-state index in [-0.39, 0.29) is 16.0 Å². The Hall–Kier alpha value is -1.15. The quantitative estimate of drug-likeness (QED) is 0.771. The second-order valence-electron chi connectivity index (χ2n) is 3.76. The van der Waals surface area contributed by atoms with Crippen LogP contribution in [0.2, 0.25) is 0 Å². The van der Waals surface area contributed by atoms with Crippen molar-refractivity contribution in [1.29, 1.82) is 0 Å². The third-order valence-corrected chi connectivity index (χ3v) is 2.96. The van der Waals surface area contributed by atoms with Crippen LogP contribution >= 0.6 is 27.5 Å². The third kappa shape index (κ3) is 3.06. The summed E-state index contributed by atoms with van der Waals surface area (Å²) in [6, 6.07) is 3.43. The van der Waals surface area contributed by atoms with Gasteiger partial charge in [0, 0.05) is 4.47 Å². The second-order valence-corrected chi connectivity index (χ2v) is 5.33. The summed E-state index contributed by atoms with van der Waals surface area (Å²) in [5.74, 6) is 0.271. The summed E-state index contributed by atoms with van der Waals surface area (Å²) in [6.45, 7) is 1.63. The predicted octanol–water partition coefficient (Wildman–Crippen LogP) is 3.74. The van der Waals surface area contributed by atoms with Gasteiger partial charge in [-0.15, -0.1) is 16.7 Å². The highest BCUT2D eigenvalue weighted by Gasteiger charge is 2.31. The molecule has 19 heavy (non-hydrogen) atoms. The molecule has 0 N–H and O–H groups in total. The van der Waals surface area contributed by atoms with E-state index in [1.165, 1.54) is 10.7 Å². The Labute approximate surface area is 119 Å². The molecule has 2 rings (SSSR count). The van der Waals surface area contributed by atoms with Gasteiger partial charge in [0.15, 0.2) is 5.82 Å². The number of tetrazole rings is 1. The maximum atomic E-state index is 12.7. The summed E-state index contributed by atoms with van der Waals surface area (Å²) in [7, 11) is 0. The molecule has 0 spiro atoms. The van der Waals surface area contributed by atoms with Gasteiger partial charge in [0.2, 0.25) is 0 Å². The standard InChI is InChI=1S/C10H7BrClF3N4/c1-5(12)9-16-17-18-19(9)8-3-6(10(13,14)15)2-7(11)4-8/h2-5H,1H3. The van der Waals surface area contributed by atoms with Crippen molar-refractivity contribution in [1.82, 2.24) is 20.2 Å². The van der Waals surface area contributed by atoms with E-state index in [1.54, 1.807) is 6.92 Å². The molecule has 4 nitrogen and oxygen atoms in total. The number of hydrogen-bond acceptors (Lipinski definition) is 3. The van der Waals surface area contributed by atoms with Crippen LogP contribution in [-0.4, -0.2) is 20.2 Å². The maximum Gasteiger partial charge on any atom is 0.416 e. The number of nitrogens with zero attached hydrogens (tertiary/aromatic N) is 4. The number of rotatable bonds is 2. The summed E-state index contributed by atoms with van der Waals surface area (Å²) in [5.41, 5.74) is -0.602. The molecule has 1 heterocycles. The van der Waals surface area contributed by atoms with E-state index in [0.717, 1.165) is 12.1 Å². The normalized spacial score (nSPS) is 13.6. The van der Waals surface area contributed by atoms with Crippen LogP contribution in [-0.2, 0) is 6.18 Å². The van der Waals surface area contributed by atoms with Gasteiger partial charge in [-0.2, -0.15) is 17.9 Å². The lowest BCUT2D eigenvalue weighted by Gasteiger charge is -2.11. The van der Waals surface area contributed by atoms with Crippen LogP contribution in [0.1, 0.15) is 23.7 Å². The molecule has 0 aliphatic heterocycles. The Bertz CT molecular complexity index is 597. The minimum atomic E-state index is -4.45. The van der Waals surface area contributed by atoms with Crippen molar-refractivity contribution in [3.05, 3.63) is 34.1 Å². The molecule has 1 atom stereocenters. The largest absolute Gasteiger partial charge is 0.416 e. The minimum absolute atomic E-state index is 0.189. The smallest absolute Gasteiger partial charge is 0.196 e. The fraction of sp³-hybridized carbons (Fsp3) is 0.300. The molecule has 1 aromatic carbocycles. The molecule has 0 aliphatic rings. The predicted molar refractivity (Wildman–Crippen MR) is 66.1 cm³/mol. The number of aromatic nitrogens is 4. The van der Waals surface area contributed by atoms with Crippen LogP contribution in [0.25, 0.3) is 5.69 Å². The lowest BCUT2D eigenvalue weighted by Crippen LogP contribution is -2.09. The second kappa shape index (κ2) is 5.09. The first-order valence-corrected chi connectivity index (χ1v) is 6.32. The van der Waals surface area contributed by atoms with Gasteiger partial charge >= 0.3 is 6.18 Å². The van der Waals surface area contributed by atoms with Crippen molar-refractivity contribution in [2.24, 2.45) is 0 Å². The SMILES string of the molecule is CC(Cl)c1nnnn1-c1cc(Br)cc(C(F)(F)F)c1. The van der Waals surface area contributed by atoms with E-state index in [4.69, 9.17) is 11.6 Å². The molecule has 1 unspecified atom stereocenters. The average molecular weight is 356 g/mol. The van der Waals surface area contributed by atoms with Crippen LogP contribution in [0.4, 0.5) is 13.2 Å². The summed E-state index contributed by atoms with van der Waals surface area (Å²) in [5, 5.41) is 10.2. The lowest BCUT2D eigenvalue weighted by molar-refractivity contribution is -0.137. The van der Waals surface area contributed by atoms with Crippen LogP contribution in [0.5, 0.6) is 0 Å². The minimum Gasteiger partial charge on any atom is -0.196 e. The molecule has 0 saturated carbocycles. The highest BCUT2D eigenvalue weighted by Crippen LogP contribution is 2.33. The first kappa shape index (κ1) is 14.3. The monoisotopic (exact) mass is 354 g/mol. The fourth-order valence-electron chi connectivity index (χ4n) is 1.49. The van der Waals surface area contributed by atoms with E-state index in [1.807, 2.05) is 0 Å². The highest BCUT2D eigenvalue weighted by atomic mass is 79.9. The molecular weight excluding hydrogens is 348 g/mol. The number of hydrogen-bond donors (Lipinski definition) is 0. The van der Waals surface area contributed by atoms with Gasteiger partial charge in [-0.1, -0.05) is 15.9 Å². The van der Waals surface area contributed by atoms with Crippen molar-refractivity contribution in [3.8, 4) is 5.69 Å². The molecule has 0 fully saturated rings. The first-order valence-electron chi connectivity index (χ1n) is 5.09. The molecular formula is C10H7BrClF3N4. The van der Waals surface area contributed by atoms with E-state index in [2.05, 4.69) is 31.5 Å². The van der Waals surface area contributed by atoms with Crippen LogP contribution in [0, 0.1) is 0 Å². The Morgan fingerprint density at radius 3 is 2.58 bits per heavy atom. The van der Waals surface area contributed by atoms with Crippen molar-refractivity contribution in [2.75, 3.05) is 0 Å². The number of benzene rings is 1. The lowest BCUT2D eigenvalue weighted by atomic mass is 10.2. The van der Waals surface area contributed by atoms with Crippen LogP contribution < -0.4 is 0 Å². The molecule has 0 bridgehead atoms. The summed E-state index contributed by atoms with van der Waals surface area (Å²) in [4.78, 5) is 0. The van der Waals surface area contributed by atoms with Crippen LogP contribution in [0.15, 0.2) is 22.7 Å². The number of alkyl halides is 4. The first-order chi connectivity index (χ1) is 8.79. The van der Waals surface area contributed by atoms with Gasteiger partial charge in [0.1, 0.15) is 0 Å². The Balaban J connectivity index is 2.57. The van der Waals surface area contributed by atoms with Crippen molar-refractivity contribution in [3.63, 3.8) is 0 Å². The Morgan fingerprint density at radius 2 is 2.00 bits per heavy atom. The highest BCUT2D eigenvalue weighted by molar-refractivity contribution is 9.10.